The minimum absolute atomic E-state index is 0.00897. The molecule has 2 aromatic rings. The molecule has 0 saturated heterocycles. The van der Waals surface area contributed by atoms with Gasteiger partial charge in [-0.2, -0.15) is 0 Å². The third-order valence-corrected chi connectivity index (χ3v) is 3.67. The summed E-state index contributed by atoms with van der Waals surface area (Å²) in [6.45, 7) is 1.89. The molecule has 92 valence electrons. The second-order valence-corrected chi connectivity index (χ2v) is 5.13. The number of hydrogen-bond acceptors (Lipinski definition) is 2. The lowest BCUT2D eigenvalue weighted by atomic mass is 10.0. The minimum Gasteiger partial charge on any atom is -0.325 e. The van der Waals surface area contributed by atoms with Crippen LogP contribution in [0.3, 0.4) is 0 Å². The van der Waals surface area contributed by atoms with Crippen LogP contribution < -0.4 is 5.32 Å². The lowest BCUT2D eigenvalue weighted by Crippen LogP contribution is -2.19. The van der Waals surface area contributed by atoms with E-state index in [0.29, 0.717) is 0 Å². The van der Waals surface area contributed by atoms with Gasteiger partial charge in [0.2, 0.25) is 5.91 Å². The Kier molecular flexibility index (Phi) is 4.30. The van der Waals surface area contributed by atoms with Gasteiger partial charge >= 0.3 is 0 Å². The molecular weight excluding hydrogens is 339 g/mol. The lowest BCUT2D eigenvalue weighted by Gasteiger charge is -2.13. The van der Waals surface area contributed by atoms with Crippen molar-refractivity contribution in [2.75, 3.05) is 5.32 Å². The van der Waals surface area contributed by atoms with E-state index in [9.17, 15) is 4.79 Å². The van der Waals surface area contributed by atoms with Gasteiger partial charge < -0.3 is 5.32 Å². The molecule has 1 aromatic carbocycles. The van der Waals surface area contributed by atoms with Gasteiger partial charge in [0.05, 0.1) is 11.6 Å². The average Bonchev–Trinajstić information content (AvgIpc) is 2.41. The SMILES string of the molecule is CC(C(=O)Nc1ccccc1I)c1ccncc1. The summed E-state index contributed by atoms with van der Waals surface area (Å²) in [5.74, 6) is -0.200. The van der Waals surface area contributed by atoms with Gasteiger partial charge in [-0.05, 0) is 59.3 Å². The fourth-order valence-electron chi connectivity index (χ4n) is 1.61. The number of hydrogen-bond donors (Lipinski definition) is 1. The molecule has 3 nitrogen and oxygen atoms in total. The number of aromatic nitrogens is 1. The van der Waals surface area contributed by atoms with Crippen LogP contribution in [0.5, 0.6) is 0 Å². The van der Waals surface area contributed by atoms with Gasteiger partial charge in [0.25, 0.3) is 0 Å². The van der Waals surface area contributed by atoms with E-state index in [1.807, 2.05) is 43.3 Å². The van der Waals surface area contributed by atoms with E-state index in [1.54, 1.807) is 12.4 Å². The molecule has 0 aliphatic heterocycles. The maximum Gasteiger partial charge on any atom is 0.231 e. The summed E-state index contributed by atoms with van der Waals surface area (Å²) in [6.07, 6.45) is 3.40. The monoisotopic (exact) mass is 352 g/mol. The number of anilines is 1. The molecule has 1 unspecified atom stereocenters. The molecule has 0 bridgehead atoms. The highest BCUT2D eigenvalue weighted by molar-refractivity contribution is 14.1. The second-order valence-electron chi connectivity index (χ2n) is 3.97. The molecular formula is C14H13IN2O. The largest absolute Gasteiger partial charge is 0.325 e. The topological polar surface area (TPSA) is 42.0 Å². The molecule has 1 atom stereocenters. The predicted octanol–water partition coefficient (Wildman–Crippen LogP) is 3.43. The first-order chi connectivity index (χ1) is 8.68. The van der Waals surface area contributed by atoms with Crippen molar-refractivity contribution in [1.82, 2.24) is 4.98 Å². The first-order valence-corrected chi connectivity index (χ1v) is 6.71. The van der Waals surface area contributed by atoms with E-state index in [0.717, 1.165) is 14.8 Å². The smallest absolute Gasteiger partial charge is 0.231 e. The Morgan fingerprint density at radius 2 is 1.89 bits per heavy atom. The fourth-order valence-corrected chi connectivity index (χ4v) is 2.13. The summed E-state index contributed by atoms with van der Waals surface area (Å²) in [4.78, 5) is 16.1. The number of rotatable bonds is 3. The Morgan fingerprint density at radius 1 is 1.22 bits per heavy atom. The molecule has 0 fully saturated rings. The number of para-hydroxylation sites is 1. The highest BCUT2D eigenvalue weighted by Gasteiger charge is 2.15. The third kappa shape index (κ3) is 3.07. The summed E-state index contributed by atoms with van der Waals surface area (Å²) < 4.78 is 1.03. The Morgan fingerprint density at radius 3 is 2.56 bits per heavy atom. The van der Waals surface area contributed by atoms with E-state index in [4.69, 9.17) is 0 Å². The van der Waals surface area contributed by atoms with E-state index in [1.165, 1.54) is 0 Å². The van der Waals surface area contributed by atoms with Crippen LogP contribution in [0.15, 0.2) is 48.8 Å². The van der Waals surface area contributed by atoms with Gasteiger partial charge in [-0.15, -0.1) is 0 Å². The molecule has 0 spiro atoms. The van der Waals surface area contributed by atoms with Crippen molar-refractivity contribution in [3.8, 4) is 0 Å². The summed E-state index contributed by atoms with van der Waals surface area (Å²) in [5.41, 5.74) is 1.82. The Balaban J connectivity index is 2.12. The maximum atomic E-state index is 12.1. The Bertz CT molecular complexity index is 543. The Hall–Kier alpha value is -1.43. The fraction of sp³-hybridized carbons (Fsp3) is 0.143. The molecule has 0 aliphatic carbocycles. The summed E-state index contributed by atoms with van der Waals surface area (Å²) in [7, 11) is 0. The Labute approximate surface area is 120 Å². The lowest BCUT2D eigenvalue weighted by molar-refractivity contribution is -0.117. The van der Waals surface area contributed by atoms with Gasteiger partial charge in [-0.3, -0.25) is 9.78 Å². The number of halogens is 1. The standard InChI is InChI=1S/C14H13IN2O/c1-10(11-6-8-16-9-7-11)14(18)17-13-5-3-2-4-12(13)15/h2-10H,1H3,(H,17,18). The number of benzene rings is 1. The van der Waals surface area contributed by atoms with Crippen molar-refractivity contribution in [2.24, 2.45) is 0 Å². The maximum absolute atomic E-state index is 12.1. The molecule has 0 radical (unpaired) electrons. The van der Waals surface area contributed by atoms with Gasteiger partial charge in [-0.1, -0.05) is 12.1 Å². The van der Waals surface area contributed by atoms with Crippen molar-refractivity contribution in [3.63, 3.8) is 0 Å². The van der Waals surface area contributed by atoms with Crippen molar-refractivity contribution >= 4 is 34.2 Å². The molecule has 2 rings (SSSR count). The second kappa shape index (κ2) is 5.95. The van der Waals surface area contributed by atoms with Gasteiger partial charge in [0.15, 0.2) is 0 Å². The van der Waals surface area contributed by atoms with E-state index >= 15 is 0 Å². The normalized spacial score (nSPS) is 11.9. The number of carbonyl (C=O) groups excluding carboxylic acids is 1. The van der Waals surface area contributed by atoms with E-state index in [-0.39, 0.29) is 11.8 Å². The van der Waals surface area contributed by atoms with Crippen molar-refractivity contribution < 1.29 is 4.79 Å². The minimum atomic E-state index is -0.191. The summed E-state index contributed by atoms with van der Waals surface area (Å²) in [6, 6.07) is 11.4. The summed E-state index contributed by atoms with van der Waals surface area (Å²) >= 11 is 2.21. The van der Waals surface area contributed by atoms with Crippen molar-refractivity contribution in [3.05, 3.63) is 57.9 Å². The average molecular weight is 352 g/mol. The number of pyridine rings is 1. The zero-order chi connectivity index (χ0) is 13.0. The van der Waals surface area contributed by atoms with Crippen molar-refractivity contribution in [2.45, 2.75) is 12.8 Å². The number of nitrogens with zero attached hydrogens (tertiary/aromatic N) is 1. The molecule has 4 heteroatoms. The van der Waals surface area contributed by atoms with Gasteiger partial charge in [-0.25, -0.2) is 0 Å². The van der Waals surface area contributed by atoms with Crippen LogP contribution in [0.25, 0.3) is 0 Å². The van der Waals surface area contributed by atoms with Crippen LogP contribution in [0.1, 0.15) is 18.4 Å². The van der Waals surface area contributed by atoms with E-state index < -0.39 is 0 Å². The van der Waals surface area contributed by atoms with E-state index in [2.05, 4.69) is 32.9 Å². The van der Waals surface area contributed by atoms with Crippen LogP contribution in [0.4, 0.5) is 5.69 Å². The molecule has 18 heavy (non-hydrogen) atoms. The zero-order valence-electron chi connectivity index (χ0n) is 9.93. The molecule has 0 saturated carbocycles. The third-order valence-electron chi connectivity index (χ3n) is 2.73. The first kappa shape index (κ1) is 13.0. The molecule has 1 heterocycles. The molecule has 1 aromatic heterocycles. The van der Waals surface area contributed by atoms with Crippen LogP contribution in [0.2, 0.25) is 0 Å². The summed E-state index contributed by atoms with van der Waals surface area (Å²) in [5, 5.41) is 2.94. The first-order valence-electron chi connectivity index (χ1n) is 5.64. The molecule has 1 N–H and O–H groups in total. The molecule has 0 aliphatic rings. The van der Waals surface area contributed by atoms with Crippen molar-refractivity contribution in [1.29, 1.82) is 0 Å². The quantitative estimate of drug-likeness (QED) is 0.860. The number of amides is 1. The highest BCUT2D eigenvalue weighted by atomic mass is 127. The van der Waals surface area contributed by atoms with Gasteiger partial charge in [0.1, 0.15) is 0 Å². The van der Waals surface area contributed by atoms with Crippen LogP contribution in [0, 0.1) is 3.57 Å². The predicted molar refractivity (Wildman–Crippen MR) is 80.4 cm³/mol. The molecule has 1 amide bonds. The number of nitrogens with one attached hydrogen (secondary N) is 1. The van der Waals surface area contributed by atoms with Crippen LogP contribution in [-0.2, 0) is 4.79 Å². The highest BCUT2D eigenvalue weighted by Crippen LogP contribution is 2.20. The van der Waals surface area contributed by atoms with Crippen LogP contribution in [-0.4, -0.2) is 10.9 Å². The van der Waals surface area contributed by atoms with Gasteiger partial charge in [0, 0.05) is 16.0 Å². The zero-order valence-corrected chi connectivity index (χ0v) is 12.1. The van der Waals surface area contributed by atoms with Crippen LogP contribution >= 0.6 is 22.6 Å². The number of carbonyl (C=O) groups is 1.